The number of rotatable bonds is 6. The van der Waals surface area contributed by atoms with Gasteiger partial charge in [-0.05, 0) is 45.4 Å². The van der Waals surface area contributed by atoms with Gasteiger partial charge in [-0.2, -0.15) is 19.0 Å². The maximum atomic E-state index is 13.1. The number of hydrogen-bond donors (Lipinski definition) is 1. The molecule has 0 amide bonds. The molecule has 1 aromatic carbocycles. The summed E-state index contributed by atoms with van der Waals surface area (Å²) in [6.07, 6.45) is 0. The van der Waals surface area contributed by atoms with Crippen molar-refractivity contribution in [1.82, 2.24) is 19.6 Å². The fourth-order valence-corrected chi connectivity index (χ4v) is 5.01. The molecule has 0 saturated carbocycles. The summed E-state index contributed by atoms with van der Waals surface area (Å²) in [7, 11) is -4.14. The summed E-state index contributed by atoms with van der Waals surface area (Å²) in [6.45, 7) is 3.54. The molecule has 0 aliphatic rings. The number of benzene rings is 1. The highest BCUT2D eigenvalue weighted by molar-refractivity contribution is 7.92. The van der Waals surface area contributed by atoms with Crippen molar-refractivity contribution in [2.45, 2.75) is 45.7 Å². The zero-order valence-corrected chi connectivity index (χ0v) is 17.8. The van der Waals surface area contributed by atoms with E-state index in [0.29, 0.717) is 33.3 Å². The minimum atomic E-state index is -4.14. The Morgan fingerprint density at radius 3 is 2.38 bits per heavy atom. The Kier molecular flexibility index (Phi) is 5.68. The lowest BCUT2D eigenvalue weighted by Gasteiger charge is -2.10. The van der Waals surface area contributed by atoms with Gasteiger partial charge in [0.25, 0.3) is 10.0 Å². The highest BCUT2D eigenvalue weighted by atomic mass is 35.5. The third-order valence-electron chi connectivity index (χ3n) is 4.55. The van der Waals surface area contributed by atoms with Crippen LogP contribution < -0.4 is 4.72 Å². The van der Waals surface area contributed by atoms with E-state index < -0.39 is 16.6 Å². The molecule has 29 heavy (non-hydrogen) atoms. The molecule has 0 aliphatic heterocycles. The third-order valence-corrected chi connectivity index (χ3v) is 6.39. The Labute approximate surface area is 172 Å². The normalized spacial score (nSPS) is 12.0. The van der Waals surface area contributed by atoms with E-state index in [1.807, 2.05) is 12.1 Å². The number of aromatic nitrogens is 4. The summed E-state index contributed by atoms with van der Waals surface area (Å²) >= 11 is 6.01. The van der Waals surface area contributed by atoms with Gasteiger partial charge >= 0.3 is 6.55 Å². The van der Waals surface area contributed by atoms with Crippen LogP contribution in [0.2, 0.25) is 5.02 Å². The number of halogens is 3. The highest BCUT2D eigenvalue weighted by Gasteiger charge is 2.29. The summed E-state index contributed by atoms with van der Waals surface area (Å²) in [5, 5.41) is 8.63. The Morgan fingerprint density at radius 2 is 1.79 bits per heavy atom. The van der Waals surface area contributed by atoms with Crippen molar-refractivity contribution < 1.29 is 17.2 Å². The molecule has 0 bridgehead atoms. The summed E-state index contributed by atoms with van der Waals surface area (Å²) in [5.41, 5.74) is 2.12. The van der Waals surface area contributed by atoms with Gasteiger partial charge in [0.2, 0.25) is 0 Å². The first kappa shape index (κ1) is 21.3. The van der Waals surface area contributed by atoms with Crippen LogP contribution in [0, 0.1) is 27.7 Å². The summed E-state index contributed by atoms with van der Waals surface area (Å²) in [4.78, 5) is -0.265. The van der Waals surface area contributed by atoms with Crippen molar-refractivity contribution in [1.29, 1.82) is 0 Å². The van der Waals surface area contributed by atoms with Crippen molar-refractivity contribution in [2.24, 2.45) is 0 Å². The SMILES string of the molecule is Cc1nn(Cc2cccc(Cl)c2)c(C)c1NS(=O)(=O)c1c(C)nn(C(F)F)c1C. The van der Waals surface area contributed by atoms with Crippen LogP contribution in [-0.4, -0.2) is 28.0 Å². The van der Waals surface area contributed by atoms with E-state index >= 15 is 0 Å². The fraction of sp³-hybridized carbons (Fsp3) is 0.333. The van der Waals surface area contributed by atoms with Gasteiger partial charge < -0.3 is 0 Å². The first-order valence-corrected chi connectivity index (χ1v) is 10.5. The number of anilines is 1. The van der Waals surface area contributed by atoms with Crippen LogP contribution in [0.15, 0.2) is 29.2 Å². The van der Waals surface area contributed by atoms with Crippen LogP contribution in [0.4, 0.5) is 14.5 Å². The second-order valence-corrected chi connectivity index (χ2v) is 8.72. The zero-order chi connectivity index (χ0) is 21.5. The van der Waals surface area contributed by atoms with Gasteiger partial charge in [-0.15, -0.1) is 0 Å². The fourth-order valence-electron chi connectivity index (χ4n) is 3.22. The van der Waals surface area contributed by atoms with Crippen LogP contribution in [0.5, 0.6) is 0 Å². The van der Waals surface area contributed by atoms with Gasteiger partial charge in [0.1, 0.15) is 4.90 Å². The smallest absolute Gasteiger partial charge is 0.276 e. The van der Waals surface area contributed by atoms with Crippen molar-refractivity contribution >= 4 is 27.3 Å². The third kappa shape index (κ3) is 4.13. The maximum absolute atomic E-state index is 13.1. The predicted octanol–water partition coefficient (Wildman–Crippen LogP) is 4.21. The molecule has 2 aromatic heterocycles. The first-order chi connectivity index (χ1) is 13.5. The van der Waals surface area contributed by atoms with E-state index in [2.05, 4.69) is 14.9 Å². The molecule has 0 unspecified atom stereocenters. The minimum absolute atomic E-state index is 0.00285. The van der Waals surface area contributed by atoms with Crippen LogP contribution in [0.25, 0.3) is 0 Å². The van der Waals surface area contributed by atoms with Crippen LogP contribution in [0.3, 0.4) is 0 Å². The Balaban J connectivity index is 1.95. The standard InChI is InChI=1S/C18H20ClF2N5O2S/c1-10-16(12(3)25(22-10)9-14-6-5-7-15(19)8-14)24-29(27,28)17-11(2)23-26(13(17)4)18(20)21/h5-8,18,24H,9H2,1-4H3. The lowest BCUT2D eigenvalue weighted by Crippen LogP contribution is -2.16. The average Bonchev–Trinajstić information content (AvgIpc) is 3.05. The number of sulfonamides is 1. The van der Waals surface area contributed by atoms with Gasteiger partial charge in [0.05, 0.1) is 35.0 Å². The first-order valence-electron chi connectivity index (χ1n) is 8.66. The quantitative estimate of drug-likeness (QED) is 0.618. The molecule has 0 spiro atoms. The number of alkyl halides is 2. The van der Waals surface area contributed by atoms with Crippen LogP contribution in [-0.2, 0) is 16.6 Å². The maximum Gasteiger partial charge on any atom is 0.333 e. The van der Waals surface area contributed by atoms with Gasteiger partial charge in [0, 0.05) is 5.02 Å². The average molecular weight is 444 g/mol. The van der Waals surface area contributed by atoms with Crippen molar-refractivity contribution in [3.63, 3.8) is 0 Å². The minimum Gasteiger partial charge on any atom is -0.276 e. The second kappa shape index (κ2) is 7.75. The molecule has 0 saturated heterocycles. The van der Waals surface area contributed by atoms with E-state index in [0.717, 1.165) is 5.56 Å². The Hall–Kier alpha value is -2.46. The Bertz CT molecular complexity index is 1170. The summed E-state index contributed by atoms with van der Waals surface area (Å²) < 4.78 is 56.5. The second-order valence-electron chi connectivity index (χ2n) is 6.66. The van der Waals surface area contributed by atoms with Crippen LogP contribution >= 0.6 is 11.6 Å². The number of aryl methyl sites for hydroxylation is 2. The molecule has 7 nitrogen and oxygen atoms in total. The van der Waals surface area contributed by atoms with Crippen molar-refractivity contribution in [3.05, 3.63) is 57.6 Å². The molecular weight excluding hydrogens is 424 g/mol. The molecule has 11 heteroatoms. The van der Waals surface area contributed by atoms with E-state index in [-0.39, 0.29) is 16.3 Å². The predicted molar refractivity (Wildman–Crippen MR) is 106 cm³/mol. The molecule has 3 rings (SSSR count). The van der Waals surface area contributed by atoms with Gasteiger partial charge in [-0.1, -0.05) is 23.7 Å². The molecular formula is C18H20ClF2N5O2S. The molecule has 0 radical (unpaired) electrons. The topological polar surface area (TPSA) is 81.8 Å². The summed E-state index contributed by atoms with van der Waals surface area (Å²) in [5.74, 6) is 0. The van der Waals surface area contributed by atoms with Gasteiger partial charge in [0.15, 0.2) is 0 Å². The summed E-state index contributed by atoms with van der Waals surface area (Å²) in [6, 6.07) is 7.26. The lowest BCUT2D eigenvalue weighted by molar-refractivity contribution is 0.0538. The van der Waals surface area contributed by atoms with Gasteiger partial charge in [-0.25, -0.2) is 13.1 Å². The molecule has 2 heterocycles. The molecule has 156 valence electrons. The number of hydrogen-bond acceptors (Lipinski definition) is 4. The Morgan fingerprint density at radius 1 is 1.10 bits per heavy atom. The monoisotopic (exact) mass is 443 g/mol. The molecule has 0 atom stereocenters. The molecule has 0 fully saturated rings. The highest BCUT2D eigenvalue weighted by Crippen LogP contribution is 2.28. The van der Waals surface area contributed by atoms with E-state index in [4.69, 9.17) is 11.6 Å². The van der Waals surface area contributed by atoms with E-state index in [9.17, 15) is 17.2 Å². The number of nitrogens with zero attached hydrogens (tertiary/aromatic N) is 4. The van der Waals surface area contributed by atoms with Gasteiger partial charge in [-0.3, -0.25) is 9.40 Å². The van der Waals surface area contributed by atoms with E-state index in [1.165, 1.54) is 13.8 Å². The zero-order valence-electron chi connectivity index (χ0n) is 16.2. The van der Waals surface area contributed by atoms with Crippen molar-refractivity contribution in [3.8, 4) is 0 Å². The van der Waals surface area contributed by atoms with Crippen molar-refractivity contribution in [2.75, 3.05) is 4.72 Å². The lowest BCUT2D eigenvalue weighted by atomic mass is 10.2. The molecule has 3 aromatic rings. The largest absolute Gasteiger partial charge is 0.333 e. The molecule has 0 aliphatic carbocycles. The van der Waals surface area contributed by atoms with Crippen LogP contribution in [0.1, 0.15) is 34.9 Å². The van der Waals surface area contributed by atoms with E-state index in [1.54, 1.807) is 30.7 Å². The number of nitrogens with one attached hydrogen (secondary N) is 1. The molecule has 1 N–H and O–H groups in total.